The molecular formula is C18H18N4O. The van der Waals surface area contributed by atoms with Crippen LogP contribution in [0.15, 0.2) is 47.6 Å². The highest BCUT2D eigenvalue weighted by Crippen LogP contribution is 2.24. The first kappa shape index (κ1) is 13.9. The first-order valence-corrected chi connectivity index (χ1v) is 7.83. The fraction of sp³-hybridized carbons (Fsp3) is 0.278. The number of aromatic nitrogens is 1. The van der Waals surface area contributed by atoms with Gasteiger partial charge in [0.1, 0.15) is 11.9 Å². The molecule has 116 valence electrons. The topological polar surface area (TPSA) is 57.6 Å². The molecule has 0 radical (unpaired) electrons. The zero-order valence-corrected chi connectivity index (χ0v) is 13.0. The van der Waals surface area contributed by atoms with Crippen LogP contribution < -0.4 is 5.32 Å². The van der Waals surface area contributed by atoms with E-state index in [2.05, 4.69) is 27.4 Å². The number of rotatable bonds is 3. The Morgan fingerprint density at radius 3 is 2.96 bits per heavy atom. The van der Waals surface area contributed by atoms with Crippen molar-refractivity contribution in [3.8, 4) is 0 Å². The number of benzene rings is 1. The third-order valence-electron chi connectivity index (χ3n) is 4.46. The minimum Gasteiger partial charge on any atom is -0.358 e. The zero-order chi connectivity index (χ0) is 15.8. The lowest BCUT2D eigenvalue weighted by Gasteiger charge is -2.13. The van der Waals surface area contributed by atoms with E-state index in [9.17, 15) is 4.79 Å². The molecule has 0 bridgehead atoms. The number of carbonyl (C=O) groups excluding carboxylic acids is 1. The van der Waals surface area contributed by atoms with Crippen LogP contribution in [-0.2, 0) is 11.3 Å². The van der Waals surface area contributed by atoms with Gasteiger partial charge in [0.15, 0.2) is 0 Å². The van der Waals surface area contributed by atoms with Gasteiger partial charge in [-0.05, 0) is 24.1 Å². The van der Waals surface area contributed by atoms with Crippen LogP contribution in [0.5, 0.6) is 0 Å². The quantitative estimate of drug-likeness (QED) is 0.944. The van der Waals surface area contributed by atoms with Gasteiger partial charge in [0.2, 0.25) is 5.91 Å². The van der Waals surface area contributed by atoms with Gasteiger partial charge >= 0.3 is 0 Å². The minimum absolute atomic E-state index is 0.126. The third-order valence-corrected chi connectivity index (χ3v) is 4.46. The summed E-state index contributed by atoms with van der Waals surface area (Å²) in [5.74, 6) is 0.851. The Kier molecular flexibility index (Phi) is 3.33. The van der Waals surface area contributed by atoms with Crippen molar-refractivity contribution >= 4 is 17.4 Å². The molecule has 23 heavy (non-hydrogen) atoms. The van der Waals surface area contributed by atoms with E-state index in [0.29, 0.717) is 0 Å². The van der Waals surface area contributed by atoms with Crippen LogP contribution in [0, 0.1) is 0 Å². The number of fused-ring (bicyclic) bond motifs is 1. The standard InChI is InChI=1S/C18H18N4O/c1-22-9-7-15(18(22)23)21-16-10-12(6-8-19-16)17-14-5-3-2-4-13(14)11-20-17/h2-6,8,10,15H,7,9,11H2,1H3,(H,19,21). The Morgan fingerprint density at radius 2 is 2.13 bits per heavy atom. The summed E-state index contributed by atoms with van der Waals surface area (Å²) in [6.07, 6.45) is 2.58. The van der Waals surface area contributed by atoms with Gasteiger partial charge in [-0.3, -0.25) is 9.79 Å². The van der Waals surface area contributed by atoms with Gasteiger partial charge < -0.3 is 10.2 Å². The summed E-state index contributed by atoms with van der Waals surface area (Å²) in [4.78, 5) is 22.8. The van der Waals surface area contributed by atoms with Crippen LogP contribution in [0.2, 0.25) is 0 Å². The molecule has 3 heterocycles. The third kappa shape index (κ3) is 2.48. The summed E-state index contributed by atoms with van der Waals surface area (Å²) in [6.45, 7) is 1.51. The normalized spacial score (nSPS) is 19.7. The van der Waals surface area contributed by atoms with Crippen LogP contribution in [0.25, 0.3) is 0 Å². The number of likely N-dealkylation sites (N-methyl/N-ethyl adjacent to an activating group) is 1. The van der Waals surface area contributed by atoms with Crippen molar-refractivity contribution in [2.45, 2.75) is 19.0 Å². The molecule has 1 aromatic carbocycles. The number of anilines is 1. The molecule has 0 spiro atoms. The number of likely N-dealkylation sites (tertiary alicyclic amines) is 1. The maximum atomic E-state index is 12.0. The number of hydrogen-bond donors (Lipinski definition) is 1. The van der Waals surface area contributed by atoms with Crippen molar-refractivity contribution in [1.82, 2.24) is 9.88 Å². The second-order valence-electron chi connectivity index (χ2n) is 6.00. The highest BCUT2D eigenvalue weighted by Gasteiger charge is 2.29. The number of amides is 1. The fourth-order valence-electron chi connectivity index (χ4n) is 3.18. The van der Waals surface area contributed by atoms with Crippen LogP contribution in [0.4, 0.5) is 5.82 Å². The number of aliphatic imine (C=N–C) groups is 1. The molecule has 1 amide bonds. The molecule has 0 saturated carbocycles. The highest BCUT2D eigenvalue weighted by atomic mass is 16.2. The van der Waals surface area contributed by atoms with E-state index >= 15 is 0 Å². The molecule has 1 unspecified atom stereocenters. The van der Waals surface area contributed by atoms with Crippen LogP contribution >= 0.6 is 0 Å². The van der Waals surface area contributed by atoms with E-state index in [1.54, 1.807) is 11.1 Å². The van der Waals surface area contributed by atoms with Crippen LogP contribution in [0.1, 0.15) is 23.1 Å². The molecule has 2 aromatic rings. The molecule has 2 aliphatic rings. The number of nitrogens with zero attached hydrogens (tertiary/aromatic N) is 3. The molecule has 4 rings (SSSR count). The number of pyridine rings is 1. The highest BCUT2D eigenvalue weighted by molar-refractivity contribution is 6.15. The van der Waals surface area contributed by atoms with Crippen LogP contribution in [0.3, 0.4) is 0 Å². The van der Waals surface area contributed by atoms with E-state index in [0.717, 1.165) is 36.6 Å². The molecule has 5 heteroatoms. The zero-order valence-electron chi connectivity index (χ0n) is 13.0. The molecule has 1 N–H and O–H groups in total. The molecule has 2 aliphatic heterocycles. The Balaban J connectivity index is 1.59. The van der Waals surface area contributed by atoms with Gasteiger partial charge in [-0.2, -0.15) is 0 Å². The summed E-state index contributed by atoms with van der Waals surface area (Å²) in [5, 5.41) is 3.25. The molecule has 0 aliphatic carbocycles. The van der Waals surface area contributed by atoms with E-state index in [1.807, 2.05) is 31.3 Å². The Bertz CT molecular complexity index is 799. The average Bonchev–Trinajstić information content (AvgIpc) is 3.14. The van der Waals surface area contributed by atoms with Gasteiger partial charge in [-0.15, -0.1) is 0 Å². The number of carbonyl (C=O) groups is 1. The molecule has 1 atom stereocenters. The second kappa shape index (κ2) is 5.50. The second-order valence-corrected chi connectivity index (χ2v) is 6.00. The number of nitrogens with one attached hydrogen (secondary N) is 1. The van der Waals surface area contributed by atoms with Crippen molar-refractivity contribution in [1.29, 1.82) is 0 Å². The molecule has 1 fully saturated rings. The Labute approximate surface area is 135 Å². The average molecular weight is 306 g/mol. The summed E-state index contributed by atoms with van der Waals surface area (Å²) in [6, 6.07) is 12.1. The van der Waals surface area contributed by atoms with Gasteiger partial charge in [0, 0.05) is 30.9 Å². The Morgan fingerprint density at radius 1 is 1.26 bits per heavy atom. The monoisotopic (exact) mass is 306 g/mol. The minimum atomic E-state index is -0.180. The summed E-state index contributed by atoms with van der Waals surface area (Å²) in [7, 11) is 1.83. The lowest BCUT2D eigenvalue weighted by atomic mass is 10.0. The summed E-state index contributed by atoms with van der Waals surface area (Å²) >= 11 is 0. The first-order chi connectivity index (χ1) is 11.2. The Hall–Kier alpha value is -2.69. The van der Waals surface area contributed by atoms with Crippen molar-refractivity contribution < 1.29 is 4.79 Å². The molecular weight excluding hydrogens is 288 g/mol. The molecule has 5 nitrogen and oxygen atoms in total. The maximum Gasteiger partial charge on any atom is 0.244 e. The largest absolute Gasteiger partial charge is 0.358 e. The summed E-state index contributed by atoms with van der Waals surface area (Å²) < 4.78 is 0. The van der Waals surface area contributed by atoms with E-state index in [1.165, 1.54) is 11.1 Å². The molecule has 1 saturated heterocycles. The van der Waals surface area contributed by atoms with Crippen molar-refractivity contribution in [2.24, 2.45) is 4.99 Å². The smallest absolute Gasteiger partial charge is 0.244 e. The van der Waals surface area contributed by atoms with Crippen molar-refractivity contribution in [2.75, 3.05) is 18.9 Å². The van der Waals surface area contributed by atoms with E-state index in [4.69, 9.17) is 0 Å². The fourth-order valence-corrected chi connectivity index (χ4v) is 3.18. The van der Waals surface area contributed by atoms with Crippen molar-refractivity contribution in [3.05, 3.63) is 59.3 Å². The van der Waals surface area contributed by atoms with E-state index in [-0.39, 0.29) is 11.9 Å². The van der Waals surface area contributed by atoms with Crippen LogP contribution in [-0.4, -0.2) is 41.1 Å². The lowest BCUT2D eigenvalue weighted by Crippen LogP contribution is -2.31. The van der Waals surface area contributed by atoms with Gasteiger partial charge in [-0.25, -0.2) is 4.98 Å². The van der Waals surface area contributed by atoms with Gasteiger partial charge in [0.25, 0.3) is 0 Å². The lowest BCUT2D eigenvalue weighted by molar-refractivity contribution is -0.127. The predicted octanol–water partition coefficient (Wildman–Crippen LogP) is 2.08. The van der Waals surface area contributed by atoms with Crippen molar-refractivity contribution in [3.63, 3.8) is 0 Å². The maximum absolute atomic E-state index is 12.0. The van der Waals surface area contributed by atoms with Gasteiger partial charge in [0.05, 0.1) is 12.3 Å². The molecule has 1 aromatic heterocycles. The first-order valence-electron chi connectivity index (χ1n) is 7.83. The number of hydrogen-bond acceptors (Lipinski definition) is 4. The summed E-state index contributed by atoms with van der Waals surface area (Å²) in [5.41, 5.74) is 4.47. The SMILES string of the molecule is CN1CCC(Nc2cc(C3=NCc4ccccc43)ccn2)C1=O. The predicted molar refractivity (Wildman–Crippen MR) is 89.7 cm³/mol. The van der Waals surface area contributed by atoms with E-state index < -0.39 is 0 Å². The van der Waals surface area contributed by atoms with Gasteiger partial charge in [-0.1, -0.05) is 24.3 Å².